The molecule has 0 radical (unpaired) electrons. The lowest BCUT2D eigenvalue weighted by Crippen LogP contribution is -2.42. The monoisotopic (exact) mass is 552 g/mol. The van der Waals surface area contributed by atoms with Crippen LogP contribution in [0.3, 0.4) is 0 Å². The zero-order valence-electron chi connectivity index (χ0n) is 18.5. The van der Waals surface area contributed by atoms with Crippen LogP contribution in [0, 0.1) is 11.6 Å². The number of alkyl halides is 9. The van der Waals surface area contributed by atoms with Gasteiger partial charge in [0.25, 0.3) is 0 Å². The van der Waals surface area contributed by atoms with Crippen LogP contribution in [0.1, 0.15) is 46.3 Å². The molecule has 0 unspecified atom stereocenters. The normalized spacial score (nSPS) is 22.7. The van der Waals surface area contributed by atoms with Gasteiger partial charge in [-0.15, -0.1) is 0 Å². The van der Waals surface area contributed by atoms with Crippen LogP contribution in [-0.4, -0.2) is 31.1 Å². The van der Waals surface area contributed by atoms with Crippen LogP contribution in [0.15, 0.2) is 30.3 Å². The Morgan fingerprint density at radius 3 is 1.95 bits per heavy atom. The maximum Gasteiger partial charge on any atom is 0.417 e. The highest BCUT2D eigenvalue weighted by Crippen LogP contribution is 2.51. The number of carbonyl (C=O) groups is 1. The van der Waals surface area contributed by atoms with Gasteiger partial charge < -0.3 is 14.2 Å². The molecular weight excluding hydrogens is 537 g/mol. The molecule has 204 valence electrons. The Labute approximate surface area is 200 Å². The Bertz CT molecular complexity index is 1150. The summed E-state index contributed by atoms with van der Waals surface area (Å²) in [6.45, 7) is 0.534. The Kier molecular flexibility index (Phi) is 7.18. The molecule has 3 rings (SSSR count). The van der Waals surface area contributed by atoms with Crippen molar-refractivity contribution in [2.75, 3.05) is 7.11 Å². The topological polar surface area (TPSA) is 44.8 Å². The van der Waals surface area contributed by atoms with Crippen LogP contribution in [-0.2, 0) is 21.8 Å². The van der Waals surface area contributed by atoms with Gasteiger partial charge in [-0.05, 0) is 37.6 Å². The van der Waals surface area contributed by atoms with E-state index in [1.165, 1.54) is 0 Å². The quantitative estimate of drug-likeness (QED) is 0.302. The minimum Gasteiger partial charge on any atom is -0.493 e. The van der Waals surface area contributed by atoms with Crippen molar-refractivity contribution in [3.8, 4) is 5.75 Å². The lowest BCUT2D eigenvalue weighted by atomic mass is 9.88. The number of hydrogen-bond donors (Lipinski definition) is 0. The molecule has 0 saturated carbocycles. The Morgan fingerprint density at radius 1 is 0.946 bits per heavy atom. The van der Waals surface area contributed by atoms with Gasteiger partial charge in [0.1, 0.15) is 0 Å². The molecule has 4 nitrogen and oxygen atoms in total. The highest BCUT2D eigenvalue weighted by atomic mass is 19.4. The molecule has 1 fully saturated rings. The zero-order valence-corrected chi connectivity index (χ0v) is 18.5. The van der Waals surface area contributed by atoms with Gasteiger partial charge in [0.15, 0.2) is 17.2 Å². The summed E-state index contributed by atoms with van der Waals surface area (Å²) in [6.07, 6.45) is -19.1. The minimum absolute atomic E-state index is 0.0165. The van der Waals surface area contributed by atoms with E-state index in [9.17, 15) is 53.1 Å². The van der Waals surface area contributed by atoms with Gasteiger partial charge in [-0.1, -0.05) is 6.07 Å². The fraction of sp³-hybridized carbons (Fsp3) is 0.409. The molecule has 0 amide bonds. The number of rotatable bonds is 4. The van der Waals surface area contributed by atoms with Gasteiger partial charge >= 0.3 is 24.5 Å². The van der Waals surface area contributed by atoms with Crippen molar-refractivity contribution >= 4 is 5.97 Å². The summed E-state index contributed by atoms with van der Waals surface area (Å²) in [5.74, 6) is -7.50. The van der Waals surface area contributed by atoms with E-state index in [-0.39, 0.29) is 18.2 Å². The summed E-state index contributed by atoms with van der Waals surface area (Å²) >= 11 is 0. The first kappa shape index (κ1) is 28.5. The lowest BCUT2D eigenvalue weighted by molar-refractivity contribution is -0.283. The van der Waals surface area contributed by atoms with Crippen LogP contribution < -0.4 is 4.74 Å². The van der Waals surface area contributed by atoms with E-state index >= 15 is 0 Å². The van der Waals surface area contributed by atoms with Crippen LogP contribution in [0.25, 0.3) is 0 Å². The molecule has 0 aromatic heterocycles. The third kappa shape index (κ3) is 5.60. The zero-order chi connectivity index (χ0) is 28.1. The van der Waals surface area contributed by atoms with Crippen LogP contribution in [0.2, 0.25) is 0 Å². The predicted molar refractivity (Wildman–Crippen MR) is 101 cm³/mol. The van der Waals surface area contributed by atoms with Crippen molar-refractivity contribution in [1.82, 2.24) is 0 Å². The van der Waals surface area contributed by atoms with E-state index in [2.05, 4.69) is 0 Å². The minimum atomic E-state index is -5.32. The van der Waals surface area contributed by atoms with Crippen molar-refractivity contribution in [1.29, 1.82) is 0 Å². The molecule has 3 atom stereocenters. The maximum absolute atomic E-state index is 14.2. The van der Waals surface area contributed by atoms with E-state index < -0.39 is 88.4 Å². The second-order valence-electron chi connectivity index (χ2n) is 8.21. The molecule has 1 aliphatic heterocycles. The molecule has 2 aromatic carbocycles. The van der Waals surface area contributed by atoms with Gasteiger partial charge in [0.05, 0.1) is 29.7 Å². The number of halogens is 11. The highest BCUT2D eigenvalue weighted by Gasteiger charge is 2.61. The summed E-state index contributed by atoms with van der Waals surface area (Å²) in [6, 6.07) is 1.13. The molecule has 37 heavy (non-hydrogen) atoms. The fourth-order valence-corrected chi connectivity index (χ4v) is 3.74. The Balaban J connectivity index is 2.07. The molecule has 1 aliphatic rings. The van der Waals surface area contributed by atoms with E-state index in [0.717, 1.165) is 13.2 Å². The van der Waals surface area contributed by atoms with Gasteiger partial charge in [0, 0.05) is 5.56 Å². The molecule has 1 saturated heterocycles. The summed E-state index contributed by atoms with van der Waals surface area (Å²) < 4.78 is 162. The van der Waals surface area contributed by atoms with Crippen LogP contribution in [0.4, 0.5) is 48.3 Å². The second-order valence-corrected chi connectivity index (χ2v) is 8.21. The first-order valence-electron chi connectivity index (χ1n) is 10.1. The highest BCUT2D eigenvalue weighted by molar-refractivity contribution is 5.90. The number of carbonyl (C=O) groups excluding carboxylic acids is 1. The second kappa shape index (κ2) is 9.33. The molecule has 1 heterocycles. The molecule has 0 aliphatic carbocycles. The molecule has 15 heteroatoms. The third-order valence-electron chi connectivity index (χ3n) is 5.64. The molecule has 0 spiro atoms. The number of hydrogen-bond acceptors (Lipinski definition) is 4. The van der Waals surface area contributed by atoms with Crippen LogP contribution in [0.5, 0.6) is 5.75 Å². The lowest BCUT2D eigenvalue weighted by Gasteiger charge is -2.27. The average Bonchev–Trinajstić information content (AvgIpc) is 3.11. The standard InChI is InChI=1S/C22H15F11O4/c1-19(22(31,32)33)8-13(12-3-4-14(23)15(24)16(12)35-2)18(37-19)36-17(34)9-5-10(20(25,26)27)7-11(6-9)21(28,29)30/h3-7,13,18H,8H2,1-2H3/t13-,18+,19+/m0/s1. The SMILES string of the molecule is COc1c([C@@H]2C[C@](C)(C(F)(F)F)O[C@H]2OC(=O)c2cc(C(F)(F)F)cc(C(F)(F)F)c2)ccc(F)c1F. The maximum atomic E-state index is 14.2. The van der Waals surface area contributed by atoms with E-state index in [1.807, 2.05) is 0 Å². The van der Waals surface area contributed by atoms with Crippen molar-refractivity contribution in [3.05, 3.63) is 64.2 Å². The summed E-state index contributed by atoms with van der Waals surface area (Å²) in [4.78, 5) is 12.6. The van der Waals surface area contributed by atoms with Gasteiger partial charge in [-0.3, -0.25) is 0 Å². The Hall–Kier alpha value is -3.10. The van der Waals surface area contributed by atoms with Gasteiger partial charge in [0.2, 0.25) is 12.1 Å². The largest absolute Gasteiger partial charge is 0.493 e. The van der Waals surface area contributed by atoms with E-state index in [4.69, 9.17) is 14.2 Å². The number of benzene rings is 2. The first-order valence-corrected chi connectivity index (χ1v) is 10.1. The van der Waals surface area contributed by atoms with E-state index in [1.54, 1.807) is 0 Å². The third-order valence-corrected chi connectivity index (χ3v) is 5.64. The number of ether oxygens (including phenoxy) is 3. The fourth-order valence-electron chi connectivity index (χ4n) is 3.74. The Morgan fingerprint density at radius 2 is 1.49 bits per heavy atom. The van der Waals surface area contributed by atoms with Crippen molar-refractivity contribution in [2.24, 2.45) is 0 Å². The van der Waals surface area contributed by atoms with E-state index in [0.29, 0.717) is 13.0 Å². The predicted octanol–water partition coefficient (Wildman–Crippen LogP) is 7.02. The van der Waals surface area contributed by atoms with Crippen molar-refractivity contribution in [2.45, 2.75) is 49.7 Å². The molecular formula is C22H15F11O4. The number of methoxy groups -OCH3 is 1. The number of esters is 1. The summed E-state index contributed by atoms with van der Waals surface area (Å²) in [5.41, 5.74) is -8.54. The molecule has 0 N–H and O–H groups in total. The average molecular weight is 552 g/mol. The summed E-state index contributed by atoms with van der Waals surface area (Å²) in [5, 5.41) is 0. The molecule has 2 aromatic rings. The van der Waals surface area contributed by atoms with Gasteiger partial charge in [-0.2, -0.15) is 43.9 Å². The van der Waals surface area contributed by atoms with Crippen molar-refractivity contribution < 1.29 is 67.3 Å². The van der Waals surface area contributed by atoms with Gasteiger partial charge in [-0.25, -0.2) is 9.18 Å². The molecule has 0 bridgehead atoms. The first-order chi connectivity index (χ1) is 16.8. The summed E-state index contributed by atoms with van der Waals surface area (Å²) in [7, 11) is 0.864. The smallest absolute Gasteiger partial charge is 0.417 e. The van der Waals surface area contributed by atoms with Crippen LogP contribution >= 0.6 is 0 Å². The van der Waals surface area contributed by atoms with Crippen molar-refractivity contribution in [3.63, 3.8) is 0 Å².